The highest BCUT2D eigenvalue weighted by atomic mass is 79.9. The van der Waals surface area contributed by atoms with Crippen molar-refractivity contribution in [3.63, 3.8) is 0 Å². The van der Waals surface area contributed by atoms with Crippen molar-refractivity contribution >= 4 is 21.9 Å². The highest BCUT2D eigenvalue weighted by molar-refractivity contribution is 9.08. The van der Waals surface area contributed by atoms with Crippen LogP contribution in [0.2, 0.25) is 0 Å². The van der Waals surface area contributed by atoms with E-state index in [1.165, 1.54) is 5.56 Å². The molecule has 0 unspecified atom stereocenters. The van der Waals surface area contributed by atoms with Crippen LogP contribution in [0.15, 0.2) is 42.5 Å². The zero-order valence-corrected chi connectivity index (χ0v) is 18.4. The summed E-state index contributed by atoms with van der Waals surface area (Å²) in [5.74, 6) is 0.758. The van der Waals surface area contributed by atoms with Crippen molar-refractivity contribution in [2.75, 3.05) is 6.61 Å². The molecule has 2 rings (SSSR count). The molecule has 0 aliphatic carbocycles. The maximum atomic E-state index is 12.8. The molecule has 2 aromatic carbocycles. The maximum absolute atomic E-state index is 12.8. The zero-order chi connectivity index (χ0) is 20.0. The van der Waals surface area contributed by atoms with Crippen molar-refractivity contribution in [3.05, 3.63) is 53.6 Å². The summed E-state index contributed by atoms with van der Waals surface area (Å²) in [5.41, 5.74) is 3.14. The molecule has 0 aromatic heterocycles. The van der Waals surface area contributed by atoms with E-state index in [2.05, 4.69) is 54.0 Å². The number of halogens is 1. The average molecular weight is 433 g/mol. The number of rotatable bonds is 7. The summed E-state index contributed by atoms with van der Waals surface area (Å²) in [6.45, 7) is 10.5. The van der Waals surface area contributed by atoms with Gasteiger partial charge in [0.15, 0.2) is 0 Å². The summed E-state index contributed by atoms with van der Waals surface area (Å²) >= 11 is 3.46. The largest absolute Gasteiger partial charge is 0.493 e. The van der Waals surface area contributed by atoms with E-state index in [0.717, 1.165) is 22.9 Å². The third-order valence-corrected chi connectivity index (χ3v) is 4.64. The predicted octanol–water partition coefficient (Wildman–Crippen LogP) is 6.63. The van der Waals surface area contributed by atoms with E-state index in [1.54, 1.807) is 0 Å². The van der Waals surface area contributed by atoms with Crippen molar-refractivity contribution < 1.29 is 14.3 Å². The Morgan fingerprint density at radius 1 is 1.04 bits per heavy atom. The quantitative estimate of drug-likeness (QED) is 0.363. The first-order valence-electron chi connectivity index (χ1n) is 9.35. The second kappa shape index (κ2) is 9.41. The van der Waals surface area contributed by atoms with Gasteiger partial charge in [-0.25, -0.2) is 4.79 Å². The van der Waals surface area contributed by atoms with Gasteiger partial charge in [-0.15, -0.1) is 0 Å². The van der Waals surface area contributed by atoms with Crippen LogP contribution in [0.5, 0.6) is 5.75 Å². The van der Waals surface area contributed by atoms with Crippen LogP contribution in [0.25, 0.3) is 11.1 Å². The Kier molecular flexibility index (Phi) is 7.49. The van der Waals surface area contributed by atoms with Crippen LogP contribution >= 0.6 is 15.9 Å². The molecule has 4 heteroatoms. The van der Waals surface area contributed by atoms with Crippen molar-refractivity contribution in [2.45, 2.75) is 52.0 Å². The lowest BCUT2D eigenvalue weighted by Gasteiger charge is -2.21. The van der Waals surface area contributed by atoms with E-state index in [-0.39, 0.29) is 5.97 Å². The Balaban J connectivity index is 2.34. The third kappa shape index (κ3) is 6.69. The van der Waals surface area contributed by atoms with Gasteiger partial charge in [0.2, 0.25) is 0 Å². The van der Waals surface area contributed by atoms with Gasteiger partial charge in [-0.1, -0.05) is 60.1 Å². The highest BCUT2D eigenvalue weighted by Crippen LogP contribution is 2.29. The van der Waals surface area contributed by atoms with E-state index in [4.69, 9.17) is 9.47 Å². The number of esters is 1. The third-order valence-electron chi connectivity index (χ3n) is 3.99. The molecular weight excluding hydrogens is 404 g/mol. The molecule has 0 aliphatic rings. The molecule has 0 bridgehead atoms. The molecular formula is C23H29BrO3. The standard InChI is InChI=1S/C23H29BrO3/c1-16(2)12-13-26-21-11-10-19(18-8-6-17(15-24)7-9-18)14-20(21)22(25)27-23(3,4)5/h6-11,14,16H,12-13,15H2,1-5H3. The van der Waals surface area contributed by atoms with Gasteiger partial charge in [0.05, 0.1) is 6.61 Å². The van der Waals surface area contributed by atoms with Crippen molar-refractivity contribution in [1.29, 1.82) is 0 Å². The van der Waals surface area contributed by atoms with Gasteiger partial charge in [-0.2, -0.15) is 0 Å². The van der Waals surface area contributed by atoms with Crippen LogP contribution in [0.1, 0.15) is 57.0 Å². The van der Waals surface area contributed by atoms with E-state index in [0.29, 0.717) is 23.8 Å². The van der Waals surface area contributed by atoms with Gasteiger partial charge in [-0.05, 0) is 61.9 Å². The fraction of sp³-hybridized carbons (Fsp3) is 0.435. The number of hydrogen-bond acceptors (Lipinski definition) is 3. The summed E-state index contributed by atoms with van der Waals surface area (Å²) in [6, 6.07) is 14.0. The van der Waals surface area contributed by atoms with Gasteiger partial charge < -0.3 is 9.47 Å². The summed E-state index contributed by atoms with van der Waals surface area (Å²) < 4.78 is 11.5. The molecule has 27 heavy (non-hydrogen) atoms. The Labute approximate surface area is 171 Å². The lowest BCUT2D eigenvalue weighted by molar-refractivity contribution is 0.00658. The van der Waals surface area contributed by atoms with E-state index in [1.807, 2.05) is 39.0 Å². The summed E-state index contributed by atoms with van der Waals surface area (Å²) in [4.78, 5) is 12.8. The molecule has 0 spiro atoms. The molecule has 0 radical (unpaired) electrons. The minimum absolute atomic E-state index is 0.360. The van der Waals surface area contributed by atoms with E-state index in [9.17, 15) is 4.79 Å². The molecule has 0 heterocycles. The smallest absolute Gasteiger partial charge is 0.342 e. The molecule has 0 amide bonds. The monoisotopic (exact) mass is 432 g/mol. The fourth-order valence-corrected chi connectivity index (χ4v) is 2.89. The summed E-state index contributed by atoms with van der Waals surface area (Å²) in [7, 11) is 0. The number of alkyl halides is 1. The molecule has 3 nitrogen and oxygen atoms in total. The van der Waals surface area contributed by atoms with Gasteiger partial charge in [-0.3, -0.25) is 0 Å². The van der Waals surface area contributed by atoms with Crippen LogP contribution in [-0.4, -0.2) is 18.2 Å². The first-order chi connectivity index (χ1) is 12.7. The Morgan fingerprint density at radius 2 is 1.67 bits per heavy atom. The SMILES string of the molecule is CC(C)CCOc1ccc(-c2ccc(CBr)cc2)cc1C(=O)OC(C)(C)C. The molecule has 0 N–H and O–H groups in total. The molecule has 2 aromatic rings. The molecule has 0 saturated carbocycles. The summed E-state index contributed by atoms with van der Waals surface area (Å²) in [6.07, 6.45) is 0.934. The first kappa shape index (κ1) is 21.5. The molecule has 0 aliphatic heterocycles. The molecule has 0 saturated heterocycles. The minimum atomic E-state index is -0.556. The van der Waals surface area contributed by atoms with Gasteiger partial charge in [0, 0.05) is 5.33 Å². The van der Waals surface area contributed by atoms with Gasteiger partial charge in [0.25, 0.3) is 0 Å². The Bertz CT molecular complexity index is 758. The molecule has 0 atom stereocenters. The number of carbonyl (C=O) groups is 1. The van der Waals surface area contributed by atoms with Gasteiger partial charge >= 0.3 is 5.97 Å². The Hall–Kier alpha value is -1.81. The van der Waals surface area contributed by atoms with Gasteiger partial charge in [0.1, 0.15) is 16.9 Å². The predicted molar refractivity (Wildman–Crippen MR) is 115 cm³/mol. The van der Waals surface area contributed by atoms with Crippen LogP contribution in [-0.2, 0) is 10.1 Å². The second-order valence-corrected chi connectivity index (χ2v) is 8.64. The minimum Gasteiger partial charge on any atom is -0.493 e. The number of carbonyl (C=O) groups excluding carboxylic acids is 1. The topological polar surface area (TPSA) is 35.5 Å². The second-order valence-electron chi connectivity index (χ2n) is 8.07. The average Bonchev–Trinajstić information content (AvgIpc) is 2.60. The van der Waals surface area contributed by atoms with Crippen LogP contribution < -0.4 is 4.74 Å². The van der Waals surface area contributed by atoms with Crippen molar-refractivity contribution in [3.8, 4) is 16.9 Å². The van der Waals surface area contributed by atoms with Crippen LogP contribution in [0, 0.1) is 5.92 Å². The fourth-order valence-electron chi connectivity index (χ4n) is 2.52. The molecule has 146 valence electrons. The first-order valence-corrected chi connectivity index (χ1v) is 10.5. The van der Waals surface area contributed by atoms with Crippen LogP contribution in [0.3, 0.4) is 0 Å². The zero-order valence-electron chi connectivity index (χ0n) is 16.8. The lowest BCUT2D eigenvalue weighted by atomic mass is 10.0. The van der Waals surface area contributed by atoms with Crippen molar-refractivity contribution in [2.24, 2.45) is 5.92 Å². The maximum Gasteiger partial charge on any atom is 0.342 e. The normalized spacial score (nSPS) is 11.5. The van der Waals surface area contributed by atoms with E-state index < -0.39 is 5.60 Å². The summed E-state index contributed by atoms with van der Waals surface area (Å²) in [5, 5.41) is 0.819. The number of benzene rings is 2. The number of ether oxygens (including phenoxy) is 2. The van der Waals surface area contributed by atoms with Crippen molar-refractivity contribution in [1.82, 2.24) is 0 Å². The number of hydrogen-bond donors (Lipinski definition) is 0. The Morgan fingerprint density at radius 3 is 2.22 bits per heavy atom. The highest BCUT2D eigenvalue weighted by Gasteiger charge is 2.22. The molecule has 0 fully saturated rings. The lowest BCUT2D eigenvalue weighted by Crippen LogP contribution is -2.24. The van der Waals surface area contributed by atoms with Crippen LogP contribution in [0.4, 0.5) is 0 Å². The van der Waals surface area contributed by atoms with E-state index >= 15 is 0 Å².